The van der Waals surface area contributed by atoms with Crippen molar-refractivity contribution in [1.29, 1.82) is 0 Å². The van der Waals surface area contributed by atoms with E-state index >= 15 is 0 Å². The fourth-order valence-electron chi connectivity index (χ4n) is 1.70. The molecule has 1 atom stereocenters. The molecule has 0 aliphatic rings. The molecule has 0 amide bonds. The summed E-state index contributed by atoms with van der Waals surface area (Å²) < 4.78 is 0. The molecule has 3 heteroatoms. The maximum absolute atomic E-state index is 5.98. The highest BCUT2D eigenvalue weighted by Crippen LogP contribution is 2.29. The van der Waals surface area contributed by atoms with Gasteiger partial charge in [-0.1, -0.05) is 43.1 Å². The van der Waals surface area contributed by atoms with Gasteiger partial charge >= 0.3 is 0 Å². The van der Waals surface area contributed by atoms with E-state index in [0.29, 0.717) is 28.4 Å². The maximum atomic E-state index is 5.98. The predicted molar refractivity (Wildman–Crippen MR) is 67.7 cm³/mol. The van der Waals surface area contributed by atoms with Gasteiger partial charge in [0.1, 0.15) is 0 Å². The van der Waals surface area contributed by atoms with Gasteiger partial charge in [0.2, 0.25) is 0 Å². The van der Waals surface area contributed by atoms with E-state index in [-0.39, 0.29) is 0 Å². The normalized spacial score (nSPS) is 13.2. The van der Waals surface area contributed by atoms with Crippen LogP contribution in [0.5, 0.6) is 0 Å². The summed E-state index contributed by atoms with van der Waals surface area (Å²) in [6, 6.07) is 5.76. The van der Waals surface area contributed by atoms with Gasteiger partial charge in [-0.2, -0.15) is 0 Å². The highest BCUT2D eigenvalue weighted by molar-refractivity contribution is 6.42. The van der Waals surface area contributed by atoms with Crippen LogP contribution in [0.4, 0.5) is 0 Å². The van der Waals surface area contributed by atoms with Crippen LogP contribution in [0, 0.1) is 5.92 Å². The van der Waals surface area contributed by atoms with Crippen LogP contribution in [-0.2, 0) is 0 Å². The molecule has 1 rings (SSSR count). The molecule has 84 valence electrons. The van der Waals surface area contributed by atoms with Gasteiger partial charge in [-0.05, 0) is 42.5 Å². The molecule has 0 aromatic heterocycles. The molecule has 0 saturated carbocycles. The average Bonchev–Trinajstić information content (AvgIpc) is 2.18. The third-order valence-corrected chi connectivity index (χ3v) is 3.19. The van der Waals surface area contributed by atoms with Gasteiger partial charge in [0.05, 0.1) is 10.0 Å². The fourth-order valence-corrected chi connectivity index (χ4v) is 2.01. The maximum Gasteiger partial charge on any atom is 0.0595 e. The number of hydrogen-bond donors (Lipinski definition) is 1. The van der Waals surface area contributed by atoms with Crippen molar-refractivity contribution in [3.63, 3.8) is 0 Å². The number of benzene rings is 1. The fraction of sp³-hybridized carbons (Fsp3) is 0.500. The van der Waals surface area contributed by atoms with Crippen LogP contribution in [0.15, 0.2) is 18.2 Å². The van der Waals surface area contributed by atoms with Crippen molar-refractivity contribution in [2.75, 3.05) is 6.54 Å². The first kappa shape index (κ1) is 12.8. The van der Waals surface area contributed by atoms with E-state index in [1.165, 1.54) is 5.56 Å². The molecule has 0 radical (unpaired) electrons. The number of hydrogen-bond acceptors (Lipinski definition) is 1. The minimum atomic E-state index is 0.375. The van der Waals surface area contributed by atoms with Gasteiger partial charge in [0.15, 0.2) is 0 Å². The van der Waals surface area contributed by atoms with E-state index in [9.17, 15) is 0 Å². The van der Waals surface area contributed by atoms with Crippen LogP contribution < -0.4 is 5.73 Å². The van der Waals surface area contributed by atoms with Crippen molar-refractivity contribution >= 4 is 23.2 Å². The van der Waals surface area contributed by atoms with Crippen molar-refractivity contribution in [3.8, 4) is 0 Å². The standard InChI is InChI=1S/C12H17Cl2N/c1-8(2)5-10(7-15)9-3-4-11(13)12(14)6-9/h3-4,6,8,10H,5,7,15H2,1-2H3. The number of rotatable bonds is 4. The van der Waals surface area contributed by atoms with Crippen LogP contribution in [0.2, 0.25) is 10.0 Å². The molecular weight excluding hydrogens is 229 g/mol. The third kappa shape index (κ3) is 3.67. The zero-order valence-electron chi connectivity index (χ0n) is 9.13. The molecule has 0 fully saturated rings. The van der Waals surface area contributed by atoms with E-state index in [1.54, 1.807) is 0 Å². The summed E-state index contributed by atoms with van der Waals surface area (Å²) in [4.78, 5) is 0. The highest BCUT2D eigenvalue weighted by atomic mass is 35.5. The third-order valence-electron chi connectivity index (χ3n) is 2.46. The lowest BCUT2D eigenvalue weighted by Crippen LogP contribution is -2.14. The van der Waals surface area contributed by atoms with Crippen molar-refractivity contribution < 1.29 is 0 Å². The molecule has 0 bridgehead atoms. The van der Waals surface area contributed by atoms with Gasteiger partial charge in [-0.3, -0.25) is 0 Å². The zero-order valence-corrected chi connectivity index (χ0v) is 10.6. The Morgan fingerprint density at radius 2 is 1.87 bits per heavy atom. The Morgan fingerprint density at radius 1 is 1.20 bits per heavy atom. The molecule has 1 aromatic rings. The summed E-state index contributed by atoms with van der Waals surface area (Å²) in [6.45, 7) is 5.04. The van der Waals surface area contributed by atoms with Gasteiger partial charge in [-0.25, -0.2) is 0 Å². The smallest absolute Gasteiger partial charge is 0.0595 e. The summed E-state index contributed by atoms with van der Waals surface area (Å²) in [5.74, 6) is 1.01. The lowest BCUT2D eigenvalue weighted by atomic mass is 9.90. The van der Waals surface area contributed by atoms with E-state index < -0.39 is 0 Å². The van der Waals surface area contributed by atoms with Crippen molar-refractivity contribution in [3.05, 3.63) is 33.8 Å². The predicted octanol–water partition coefficient (Wildman–Crippen LogP) is 4.08. The van der Waals surface area contributed by atoms with Gasteiger partial charge in [0, 0.05) is 0 Å². The van der Waals surface area contributed by atoms with Crippen LogP contribution in [0.1, 0.15) is 31.7 Å². The molecule has 0 spiro atoms. The SMILES string of the molecule is CC(C)CC(CN)c1ccc(Cl)c(Cl)c1. The topological polar surface area (TPSA) is 26.0 Å². The van der Waals surface area contributed by atoms with Crippen molar-refractivity contribution in [2.24, 2.45) is 11.7 Å². The molecule has 15 heavy (non-hydrogen) atoms. The Kier molecular flexibility index (Phi) is 4.91. The molecule has 0 aliphatic heterocycles. The number of halogens is 2. The van der Waals surface area contributed by atoms with E-state index in [2.05, 4.69) is 13.8 Å². The van der Waals surface area contributed by atoms with Crippen LogP contribution in [0.3, 0.4) is 0 Å². The first-order valence-corrected chi connectivity index (χ1v) is 5.95. The van der Waals surface area contributed by atoms with Crippen LogP contribution in [0.25, 0.3) is 0 Å². The molecule has 1 unspecified atom stereocenters. The first-order chi connectivity index (χ1) is 7.04. The van der Waals surface area contributed by atoms with Gasteiger partial charge < -0.3 is 5.73 Å². The number of nitrogens with two attached hydrogens (primary N) is 1. The second-order valence-electron chi connectivity index (χ2n) is 4.24. The lowest BCUT2D eigenvalue weighted by Gasteiger charge is -2.17. The minimum Gasteiger partial charge on any atom is -0.330 e. The second-order valence-corrected chi connectivity index (χ2v) is 5.05. The highest BCUT2D eigenvalue weighted by Gasteiger charge is 2.12. The Bertz CT molecular complexity index is 323. The summed E-state index contributed by atoms with van der Waals surface area (Å²) in [7, 11) is 0. The summed E-state index contributed by atoms with van der Waals surface area (Å²) in [6.07, 6.45) is 1.08. The molecule has 0 heterocycles. The van der Waals surface area contributed by atoms with Gasteiger partial charge in [-0.15, -0.1) is 0 Å². The largest absolute Gasteiger partial charge is 0.330 e. The zero-order chi connectivity index (χ0) is 11.4. The molecule has 1 aromatic carbocycles. The quantitative estimate of drug-likeness (QED) is 0.850. The molecule has 2 N–H and O–H groups in total. The molecule has 0 saturated heterocycles. The lowest BCUT2D eigenvalue weighted by molar-refractivity contribution is 0.504. The minimum absolute atomic E-state index is 0.375. The van der Waals surface area contributed by atoms with E-state index in [1.807, 2.05) is 18.2 Å². The molecule has 1 nitrogen and oxygen atoms in total. The monoisotopic (exact) mass is 245 g/mol. The van der Waals surface area contributed by atoms with Crippen molar-refractivity contribution in [2.45, 2.75) is 26.2 Å². The van der Waals surface area contributed by atoms with Gasteiger partial charge in [0.25, 0.3) is 0 Å². The first-order valence-electron chi connectivity index (χ1n) is 5.19. The van der Waals surface area contributed by atoms with E-state index in [4.69, 9.17) is 28.9 Å². The molecular formula is C12H17Cl2N. The second kappa shape index (κ2) is 5.74. The Morgan fingerprint density at radius 3 is 2.33 bits per heavy atom. The summed E-state index contributed by atoms with van der Waals surface area (Å²) in [5, 5.41) is 1.21. The Labute approximate surface area is 102 Å². The molecule has 0 aliphatic carbocycles. The Balaban J connectivity index is 2.87. The van der Waals surface area contributed by atoms with Crippen LogP contribution in [-0.4, -0.2) is 6.54 Å². The van der Waals surface area contributed by atoms with E-state index in [0.717, 1.165) is 6.42 Å². The van der Waals surface area contributed by atoms with Crippen molar-refractivity contribution in [1.82, 2.24) is 0 Å². The summed E-state index contributed by atoms with van der Waals surface area (Å²) in [5.41, 5.74) is 6.95. The van der Waals surface area contributed by atoms with Crippen LogP contribution >= 0.6 is 23.2 Å². The Hall–Kier alpha value is -0.240. The average molecular weight is 246 g/mol. The summed E-state index contributed by atoms with van der Waals surface area (Å²) >= 11 is 11.8.